The highest BCUT2D eigenvalue weighted by atomic mass is 16.7. The highest BCUT2D eigenvalue weighted by molar-refractivity contribution is 5.84. The smallest absolute Gasteiger partial charge is 0.270 e. The van der Waals surface area contributed by atoms with Crippen molar-refractivity contribution in [2.75, 3.05) is 12.1 Å². The van der Waals surface area contributed by atoms with Gasteiger partial charge in [0.25, 0.3) is 5.91 Å². The maximum Gasteiger partial charge on any atom is 0.339 e. The van der Waals surface area contributed by atoms with E-state index in [-0.39, 0.29) is 12.3 Å². The Kier molecular flexibility index (Phi) is 4.47. The third-order valence-corrected chi connectivity index (χ3v) is 1.96. The van der Waals surface area contributed by atoms with Crippen molar-refractivity contribution in [3.05, 3.63) is 30.3 Å². The third-order valence-electron chi connectivity index (χ3n) is 1.96. The van der Waals surface area contributed by atoms with Gasteiger partial charge < -0.3 is 0 Å². The molecule has 0 aliphatic carbocycles. The van der Waals surface area contributed by atoms with E-state index in [1.807, 2.05) is 6.07 Å². The minimum Gasteiger partial charge on any atom is -0.270 e. The molecule has 1 rings (SSSR count). The van der Waals surface area contributed by atoms with Gasteiger partial charge in [0, 0.05) is 6.42 Å². The fraction of sp³-hybridized carbons (Fsp3) is 0.273. The lowest BCUT2D eigenvalue weighted by Gasteiger charge is -2.27. The summed E-state index contributed by atoms with van der Waals surface area (Å²) in [6, 6.07) is 8.68. The van der Waals surface area contributed by atoms with Crippen LogP contribution in [0.4, 0.5) is 5.69 Å². The molecule has 85 valence electrons. The molecule has 0 fully saturated rings. The van der Waals surface area contributed by atoms with Crippen LogP contribution in [0.1, 0.15) is 13.3 Å². The number of benzene rings is 1. The van der Waals surface area contributed by atoms with Gasteiger partial charge in [-0.3, -0.25) is 14.4 Å². The number of carbonyl (C=O) groups excluding carboxylic acids is 2. The number of hydrogen-bond donors (Lipinski definition) is 0. The first kappa shape index (κ1) is 12.2. The predicted molar refractivity (Wildman–Crippen MR) is 58.8 cm³/mol. The summed E-state index contributed by atoms with van der Waals surface area (Å²) >= 11 is 0. The van der Waals surface area contributed by atoms with Crippen LogP contribution in [0.2, 0.25) is 0 Å². The lowest BCUT2D eigenvalue weighted by molar-refractivity contribution is -0.175. The Bertz CT molecular complexity index is 354. The number of para-hydroxylation sites is 1. The van der Waals surface area contributed by atoms with Crippen molar-refractivity contribution in [1.29, 1.82) is 0 Å². The number of hydrogen-bond acceptors (Lipinski definition) is 3. The molecular weight excluding hydrogens is 208 g/mol. The first-order valence-corrected chi connectivity index (χ1v) is 4.84. The van der Waals surface area contributed by atoms with Crippen molar-refractivity contribution in [3.63, 3.8) is 0 Å². The van der Waals surface area contributed by atoms with Gasteiger partial charge in [0.15, 0.2) is 0 Å². The lowest BCUT2D eigenvalue weighted by Crippen LogP contribution is -2.45. The Balaban J connectivity index is 2.96. The van der Waals surface area contributed by atoms with Crippen molar-refractivity contribution >= 4 is 18.0 Å². The van der Waals surface area contributed by atoms with Crippen molar-refractivity contribution in [2.24, 2.45) is 0 Å². The van der Waals surface area contributed by atoms with E-state index in [2.05, 4.69) is 0 Å². The predicted octanol–water partition coefficient (Wildman–Crippen LogP) is 1.28. The monoisotopic (exact) mass is 221 g/mol. The zero-order chi connectivity index (χ0) is 12.0. The number of anilines is 1. The minimum absolute atomic E-state index is 0.235. The Labute approximate surface area is 94.1 Å². The lowest BCUT2D eigenvalue weighted by atomic mass is 10.3. The molecule has 0 saturated carbocycles. The maximum atomic E-state index is 11.5. The van der Waals surface area contributed by atoms with Crippen LogP contribution in [0.15, 0.2) is 30.3 Å². The zero-order valence-corrected chi connectivity index (χ0v) is 9.21. The normalized spacial score (nSPS) is 9.62. The van der Waals surface area contributed by atoms with Crippen LogP contribution in [0.5, 0.6) is 0 Å². The highest BCUT2D eigenvalue weighted by Gasteiger charge is 2.21. The van der Waals surface area contributed by atoms with Crippen LogP contribution in [0, 0.1) is 0 Å². The number of carbonyl (C=O) groups is 1. The SMILES string of the molecule is CCC(=O)N(OC)N([C]=O)c1ccccc1. The second-order valence-corrected chi connectivity index (χ2v) is 2.94. The number of hydroxylamine groups is 1. The van der Waals surface area contributed by atoms with Gasteiger partial charge in [0.2, 0.25) is 0 Å². The molecule has 5 heteroatoms. The fourth-order valence-corrected chi connectivity index (χ4v) is 1.19. The van der Waals surface area contributed by atoms with Crippen molar-refractivity contribution in [2.45, 2.75) is 13.3 Å². The number of nitrogens with zero attached hydrogens (tertiary/aromatic N) is 2. The standard InChI is InChI=1S/C11H13N2O3/c1-3-11(15)13(16-2)12(9-14)10-7-5-4-6-8-10/h4-8H,3H2,1-2H3. The van der Waals surface area contributed by atoms with Gasteiger partial charge in [-0.15, -0.1) is 5.17 Å². The summed E-state index contributed by atoms with van der Waals surface area (Å²) in [5.74, 6) is -0.324. The first-order chi connectivity index (χ1) is 7.74. The molecule has 1 aromatic carbocycles. The van der Waals surface area contributed by atoms with Crippen LogP contribution >= 0.6 is 0 Å². The molecule has 0 aromatic heterocycles. The van der Waals surface area contributed by atoms with Gasteiger partial charge in [-0.1, -0.05) is 25.1 Å². The molecule has 0 saturated heterocycles. The molecule has 0 aliphatic heterocycles. The molecule has 0 aliphatic rings. The molecule has 5 nitrogen and oxygen atoms in total. The van der Waals surface area contributed by atoms with Crippen LogP contribution in [0.25, 0.3) is 0 Å². The van der Waals surface area contributed by atoms with Gasteiger partial charge in [-0.25, -0.2) is 0 Å². The van der Waals surface area contributed by atoms with Gasteiger partial charge >= 0.3 is 6.41 Å². The summed E-state index contributed by atoms with van der Waals surface area (Å²) in [6.07, 6.45) is 1.88. The number of hydrazine groups is 1. The van der Waals surface area contributed by atoms with Crippen LogP contribution in [-0.4, -0.2) is 24.6 Å². The molecule has 1 aromatic rings. The van der Waals surface area contributed by atoms with Crippen molar-refractivity contribution in [1.82, 2.24) is 5.17 Å². The van der Waals surface area contributed by atoms with E-state index in [0.717, 1.165) is 10.2 Å². The van der Waals surface area contributed by atoms with Gasteiger partial charge in [-0.2, -0.15) is 5.01 Å². The first-order valence-electron chi connectivity index (χ1n) is 4.84. The van der Waals surface area contributed by atoms with E-state index in [9.17, 15) is 9.59 Å². The summed E-state index contributed by atoms with van der Waals surface area (Å²) in [7, 11) is 1.32. The van der Waals surface area contributed by atoms with E-state index >= 15 is 0 Å². The molecule has 2 amide bonds. The van der Waals surface area contributed by atoms with Crippen LogP contribution in [0.3, 0.4) is 0 Å². The molecule has 0 N–H and O–H groups in total. The highest BCUT2D eigenvalue weighted by Crippen LogP contribution is 2.14. The van der Waals surface area contributed by atoms with Crippen molar-refractivity contribution in [3.8, 4) is 0 Å². The summed E-state index contributed by atoms with van der Waals surface area (Å²) in [5.41, 5.74) is 0.515. The van der Waals surface area contributed by atoms with Gasteiger partial charge in [0.05, 0.1) is 12.8 Å². The zero-order valence-electron chi connectivity index (χ0n) is 9.21. The van der Waals surface area contributed by atoms with Gasteiger partial charge in [-0.05, 0) is 12.1 Å². The molecule has 0 heterocycles. The summed E-state index contributed by atoms with van der Waals surface area (Å²) in [4.78, 5) is 27.2. The quantitative estimate of drug-likeness (QED) is 0.556. The Hall–Kier alpha value is -1.88. The summed E-state index contributed by atoms with van der Waals surface area (Å²) in [5, 5.41) is 1.87. The molecular formula is C11H13N2O3. The fourth-order valence-electron chi connectivity index (χ4n) is 1.19. The number of rotatable bonds is 5. The van der Waals surface area contributed by atoms with Crippen LogP contribution in [-0.2, 0) is 14.4 Å². The molecule has 0 bridgehead atoms. The topological polar surface area (TPSA) is 49.9 Å². The van der Waals surface area contributed by atoms with Gasteiger partial charge in [0.1, 0.15) is 0 Å². The average molecular weight is 221 g/mol. The van der Waals surface area contributed by atoms with Crippen molar-refractivity contribution < 1.29 is 14.4 Å². The maximum absolute atomic E-state index is 11.5. The number of amides is 2. The Morgan fingerprint density at radius 1 is 1.38 bits per heavy atom. The Morgan fingerprint density at radius 2 is 2.00 bits per heavy atom. The average Bonchev–Trinajstić information content (AvgIpc) is 2.36. The van der Waals surface area contributed by atoms with E-state index < -0.39 is 0 Å². The third kappa shape index (κ3) is 2.58. The van der Waals surface area contributed by atoms with E-state index in [1.54, 1.807) is 37.6 Å². The molecule has 1 radical (unpaired) electrons. The Morgan fingerprint density at radius 3 is 2.44 bits per heavy atom. The summed E-state index contributed by atoms with van der Waals surface area (Å²) in [6.45, 7) is 1.68. The van der Waals surface area contributed by atoms with E-state index in [1.165, 1.54) is 7.11 Å². The van der Waals surface area contributed by atoms with E-state index in [0.29, 0.717) is 5.69 Å². The molecule has 16 heavy (non-hydrogen) atoms. The van der Waals surface area contributed by atoms with Crippen LogP contribution < -0.4 is 5.01 Å². The van der Waals surface area contributed by atoms with E-state index in [4.69, 9.17) is 4.84 Å². The second kappa shape index (κ2) is 5.87. The molecule has 0 spiro atoms. The molecule has 0 atom stereocenters. The minimum atomic E-state index is -0.324. The largest absolute Gasteiger partial charge is 0.339 e. The second-order valence-electron chi connectivity index (χ2n) is 2.94. The summed E-state index contributed by atoms with van der Waals surface area (Å²) < 4.78 is 0. The molecule has 0 unspecified atom stereocenters.